The zero-order valence-electron chi connectivity index (χ0n) is 34.8. The summed E-state index contributed by atoms with van der Waals surface area (Å²) in [5.74, 6) is 1.12. The molecular weight excluding hydrogens is 655 g/mol. The van der Waals surface area contributed by atoms with Crippen molar-refractivity contribution in [1.82, 2.24) is 20.4 Å². The number of benzene rings is 1. The fourth-order valence-corrected chi connectivity index (χ4v) is 11.9. The molecule has 3 aliphatic carbocycles. The molecular formula is C46H77N5O2. The van der Waals surface area contributed by atoms with Gasteiger partial charge in [-0.05, 0) is 127 Å². The van der Waals surface area contributed by atoms with Crippen LogP contribution in [0, 0.1) is 24.2 Å². The van der Waals surface area contributed by atoms with Gasteiger partial charge in [0.25, 0.3) is 5.91 Å². The van der Waals surface area contributed by atoms with Crippen LogP contribution in [0.1, 0.15) is 176 Å². The maximum atomic E-state index is 14.7. The number of nitrogens with one attached hydrogen (secondary N) is 2. The van der Waals surface area contributed by atoms with Crippen LogP contribution < -0.4 is 15.5 Å². The van der Waals surface area contributed by atoms with E-state index in [0.29, 0.717) is 36.5 Å². The molecule has 5 unspecified atom stereocenters. The van der Waals surface area contributed by atoms with Crippen molar-refractivity contribution in [3.8, 4) is 0 Å². The summed E-state index contributed by atoms with van der Waals surface area (Å²) >= 11 is 0. The van der Waals surface area contributed by atoms with E-state index in [1.165, 1.54) is 127 Å². The number of piperidine rings is 2. The Hall–Kier alpha value is -2.12. The molecule has 0 spiro atoms. The van der Waals surface area contributed by atoms with Gasteiger partial charge in [-0.1, -0.05) is 84.0 Å². The van der Waals surface area contributed by atoms with Gasteiger partial charge in [0.2, 0.25) is 5.91 Å². The summed E-state index contributed by atoms with van der Waals surface area (Å²) in [6.45, 7) is 9.23. The third kappa shape index (κ3) is 9.47. The van der Waals surface area contributed by atoms with Crippen LogP contribution >= 0.6 is 0 Å². The highest BCUT2D eigenvalue weighted by atomic mass is 16.2. The van der Waals surface area contributed by atoms with Crippen molar-refractivity contribution in [2.75, 3.05) is 45.7 Å². The summed E-state index contributed by atoms with van der Waals surface area (Å²) in [7, 11) is 6.76. The molecule has 5 atom stereocenters. The summed E-state index contributed by atoms with van der Waals surface area (Å²) in [4.78, 5) is 36.7. The van der Waals surface area contributed by atoms with Gasteiger partial charge in [-0.3, -0.25) is 14.5 Å². The van der Waals surface area contributed by atoms with Crippen molar-refractivity contribution >= 4 is 17.5 Å². The second kappa shape index (κ2) is 18.7. The number of likely N-dealkylation sites (N-methyl/N-ethyl adjacent to an activating group) is 1. The van der Waals surface area contributed by atoms with E-state index in [9.17, 15) is 9.59 Å². The Kier molecular flexibility index (Phi) is 14.3. The molecule has 5 fully saturated rings. The molecule has 2 heterocycles. The number of anilines is 1. The average molecular weight is 732 g/mol. The van der Waals surface area contributed by atoms with E-state index < -0.39 is 5.41 Å². The Bertz CT molecular complexity index is 1340. The molecule has 3 saturated carbocycles. The lowest BCUT2D eigenvalue weighted by Gasteiger charge is -2.48. The van der Waals surface area contributed by atoms with Gasteiger partial charge in [-0.25, -0.2) is 0 Å². The largest absolute Gasteiger partial charge is 0.371 e. The minimum atomic E-state index is -0.553. The molecule has 53 heavy (non-hydrogen) atoms. The molecule has 5 aliphatic rings. The van der Waals surface area contributed by atoms with Crippen LogP contribution in [-0.2, 0) is 4.79 Å². The van der Waals surface area contributed by atoms with E-state index in [0.717, 1.165) is 43.5 Å². The summed E-state index contributed by atoms with van der Waals surface area (Å²) < 4.78 is 0. The second-order valence-corrected chi connectivity index (χ2v) is 18.9. The Morgan fingerprint density at radius 1 is 0.830 bits per heavy atom. The van der Waals surface area contributed by atoms with Crippen LogP contribution in [0.3, 0.4) is 0 Å². The predicted molar refractivity (Wildman–Crippen MR) is 221 cm³/mol. The number of nitrogens with zero attached hydrogens (tertiary/aromatic N) is 3. The van der Waals surface area contributed by atoms with Gasteiger partial charge in [0.1, 0.15) is 0 Å². The number of rotatable bonds is 10. The van der Waals surface area contributed by atoms with E-state index in [2.05, 4.69) is 79.4 Å². The first kappa shape index (κ1) is 40.5. The first-order valence-electron chi connectivity index (χ1n) is 22.5. The molecule has 2 saturated heterocycles. The summed E-state index contributed by atoms with van der Waals surface area (Å²) in [6, 6.07) is 6.71. The number of hydrogen-bond donors (Lipinski definition) is 2. The van der Waals surface area contributed by atoms with Crippen molar-refractivity contribution in [3.63, 3.8) is 0 Å². The lowest BCUT2D eigenvalue weighted by Crippen LogP contribution is -2.61. The van der Waals surface area contributed by atoms with Crippen LogP contribution in [0.15, 0.2) is 12.1 Å². The van der Waals surface area contributed by atoms with E-state index >= 15 is 0 Å². The minimum Gasteiger partial charge on any atom is -0.371 e. The van der Waals surface area contributed by atoms with Crippen LogP contribution in [0.2, 0.25) is 0 Å². The molecule has 7 heteroatoms. The molecule has 7 nitrogen and oxygen atoms in total. The van der Waals surface area contributed by atoms with Crippen molar-refractivity contribution in [1.29, 1.82) is 0 Å². The molecule has 2 N–H and O–H groups in total. The van der Waals surface area contributed by atoms with Crippen molar-refractivity contribution in [2.24, 2.45) is 17.3 Å². The molecule has 0 radical (unpaired) electrons. The monoisotopic (exact) mass is 732 g/mol. The van der Waals surface area contributed by atoms with Crippen LogP contribution in [0.5, 0.6) is 0 Å². The highest BCUT2D eigenvalue weighted by Crippen LogP contribution is 2.47. The van der Waals surface area contributed by atoms with E-state index in [1.807, 2.05) is 0 Å². The molecule has 2 aliphatic heterocycles. The van der Waals surface area contributed by atoms with Gasteiger partial charge in [0, 0.05) is 62.1 Å². The molecule has 298 valence electrons. The van der Waals surface area contributed by atoms with Crippen molar-refractivity contribution < 1.29 is 9.59 Å². The molecule has 0 aromatic heterocycles. The molecule has 1 aromatic rings. The maximum absolute atomic E-state index is 14.7. The fourth-order valence-electron chi connectivity index (χ4n) is 11.9. The Labute approximate surface area is 324 Å². The van der Waals surface area contributed by atoms with Gasteiger partial charge in [-0.2, -0.15) is 0 Å². The third-order valence-electron chi connectivity index (χ3n) is 15.0. The third-order valence-corrected chi connectivity index (χ3v) is 15.0. The smallest absolute Gasteiger partial charge is 0.251 e. The summed E-state index contributed by atoms with van der Waals surface area (Å²) in [5, 5.41) is 6.84. The number of amides is 2. The standard InChI is InChI=1S/C46H77N5O2/c1-33-27-34(2)48-45(53)46(33,38-19-13-10-11-14-20-38)32-47-44(52)42-28-37(29-43(35(42)3)50(6)39-21-17-12-18-22-39)36-25-26-41(31-49(4)5)51(30-36)40-23-15-8-7-9-16-24-40/h28-29,33-34,36,38-41H,7-27,30-32H2,1-6H3,(H,47,52)(H,48,53). The molecule has 2 amide bonds. The SMILES string of the molecule is Cc1c(C(=O)NCC2(C3CCCCCC3)C(=O)NC(C)CC2C)cc(C2CCC(CN(C)C)N(C3CCCCCCC3)C2)cc1N(C)C1CCCCC1. The topological polar surface area (TPSA) is 67.9 Å². The zero-order valence-corrected chi connectivity index (χ0v) is 34.8. The quantitative estimate of drug-likeness (QED) is 0.235. The van der Waals surface area contributed by atoms with Crippen LogP contribution in [-0.4, -0.2) is 86.6 Å². The molecule has 6 rings (SSSR count). The highest BCUT2D eigenvalue weighted by Gasteiger charge is 2.52. The normalized spacial score (nSPS) is 30.7. The van der Waals surface area contributed by atoms with E-state index in [1.54, 1.807) is 0 Å². The lowest BCUT2D eigenvalue weighted by molar-refractivity contribution is -0.143. The highest BCUT2D eigenvalue weighted by molar-refractivity contribution is 5.98. The Morgan fingerprint density at radius 3 is 2.08 bits per heavy atom. The van der Waals surface area contributed by atoms with Crippen molar-refractivity contribution in [3.05, 3.63) is 28.8 Å². The van der Waals surface area contributed by atoms with Gasteiger partial charge in [0.05, 0.1) is 5.41 Å². The van der Waals surface area contributed by atoms with Gasteiger partial charge < -0.3 is 20.4 Å². The first-order valence-corrected chi connectivity index (χ1v) is 22.5. The lowest BCUT2D eigenvalue weighted by atomic mass is 9.60. The second-order valence-electron chi connectivity index (χ2n) is 18.9. The van der Waals surface area contributed by atoms with E-state index in [-0.39, 0.29) is 23.8 Å². The molecule has 1 aromatic carbocycles. The average Bonchev–Trinajstić information content (AvgIpc) is 3.42. The van der Waals surface area contributed by atoms with Crippen LogP contribution in [0.4, 0.5) is 5.69 Å². The number of carbonyl (C=O) groups excluding carboxylic acids is 2. The fraction of sp³-hybridized carbons (Fsp3) is 0.826. The Balaban J connectivity index is 1.32. The predicted octanol–water partition coefficient (Wildman–Crippen LogP) is 9.22. The maximum Gasteiger partial charge on any atom is 0.251 e. The zero-order chi connectivity index (χ0) is 37.5. The number of carbonyl (C=O) groups is 2. The number of likely N-dealkylation sites (tertiary alicyclic amines) is 1. The van der Waals surface area contributed by atoms with Crippen molar-refractivity contribution in [2.45, 2.75) is 186 Å². The van der Waals surface area contributed by atoms with Gasteiger partial charge in [0.15, 0.2) is 0 Å². The van der Waals surface area contributed by atoms with Gasteiger partial charge in [-0.15, -0.1) is 0 Å². The van der Waals surface area contributed by atoms with Crippen LogP contribution in [0.25, 0.3) is 0 Å². The summed E-state index contributed by atoms with van der Waals surface area (Å²) in [6.07, 6.45) is 26.2. The minimum absolute atomic E-state index is 0.00688. The Morgan fingerprint density at radius 2 is 1.43 bits per heavy atom. The van der Waals surface area contributed by atoms with Gasteiger partial charge >= 0.3 is 0 Å². The van der Waals surface area contributed by atoms with E-state index in [4.69, 9.17) is 0 Å². The first-order chi connectivity index (χ1) is 25.6. The number of hydrogen-bond acceptors (Lipinski definition) is 5. The summed E-state index contributed by atoms with van der Waals surface area (Å²) in [5.41, 5.74) is 3.94. The molecule has 0 bridgehead atoms.